The first-order valence-electron chi connectivity index (χ1n) is 10.5. The van der Waals surface area contributed by atoms with Crippen molar-refractivity contribution in [3.05, 3.63) is 70.6 Å². The van der Waals surface area contributed by atoms with Gasteiger partial charge < -0.3 is 10.0 Å². The number of nitrogens with zero attached hydrogens (tertiary/aromatic N) is 2. The lowest BCUT2D eigenvalue weighted by Gasteiger charge is -2.25. The van der Waals surface area contributed by atoms with Crippen LogP contribution in [0.15, 0.2) is 48.3 Å². The molecule has 5 heteroatoms. The molecule has 2 aromatic rings. The molecule has 1 atom stereocenters. The van der Waals surface area contributed by atoms with Crippen molar-refractivity contribution in [1.29, 1.82) is 0 Å². The largest absolute Gasteiger partial charge is 0.507 e. The number of hydrogen-bond acceptors (Lipinski definition) is 4. The summed E-state index contributed by atoms with van der Waals surface area (Å²) < 4.78 is 0. The Bertz CT molecular complexity index is 987. The van der Waals surface area contributed by atoms with E-state index in [0.29, 0.717) is 12.1 Å². The molecular formula is C25H30N2O3. The van der Waals surface area contributed by atoms with Crippen molar-refractivity contribution in [2.75, 3.05) is 6.54 Å². The van der Waals surface area contributed by atoms with Crippen molar-refractivity contribution >= 4 is 17.4 Å². The average molecular weight is 407 g/mol. The molecule has 1 unspecified atom stereocenters. The summed E-state index contributed by atoms with van der Waals surface area (Å²) in [7, 11) is 0. The topological polar surface area (TPSA) is 70.5 Å². The van der Waals surface area contributed by atoms with Gasteiger partial charge in [-0.15, -0.1) is 0 Å². The highest BCUT2D eigenvalue weighted by atomic mass is 16.3. The van der Waals surface area contributed by atoms with Crippen molar-refractivity contribution in [2.45, 2.75) is 58.9 Å². The van der Waals surface area contributed by atoms with Gasteiger partial charge in [-0.05, 0) is 47.6 Å². The van der Waals surface area contributed by atoms with Crippen LogP contribution in [0.5, 0.6) is 0 Å². The van der Waals surface area contributed by atoms with E-state index in [9.17, 15) is 14.7 Å². The van der Waals surface area contributed by atoms with E-state index in [-0.39, 0.29) is 16.7 Å². The standard InChI is InChI=1S/C25H30N2O3/c1-6-7-13-27-21(17-9-8-12-26-15-17)20(23(29)24(27)30)22(28)19-14-18(25(3,4)5)11-10-16(19)2/h8-12,14-15,21,28H,6-7,13H2,1-5H3/b22-20+. The summed E-state index contributed by atoms with van der Waals surface area (Å²) in [6, 6.07) is 8.88. The van der Waals surface area contributed by atoms with Crippen LogP contribution in [0.1, 0.15) is 68.8 Å². The normalized spacial score (nSPS) is 18.8. The Kier molecular flexibility index (Phi) is 6.11. The Balaban J connectivity index is 2.21. The SMILES string of the molecule is CCCCN1C(=O)C(=O)/C(=C(/O)c2cc(C(C)(C)C)ccc2C)C1c1cccnc1. The van der Waals surface area contributed by atoms with Gasteiger partial charge in [0.25, 0.3) is 11.7 Å². The maximum atomic E-state index is 13.0. The molecule has 5 nitrogen and oxygen atoms in total. The van der Waals surface area contributed by atoms with Crippen LogP contribution in [0.4, 0.5) is 0 Å². The van der Waals surface area contributed by atoms with Crippen LogP contribution >= 0.6 is 0 Å². The third kappa shape index (κ3) is 4.02. The zero-order valence-corrected chi connectivity index (χ0v) is 18.4. The predicted octanol–water partition coefficient (Wildman–Crippen LogP) is 4.91. The lowest BCUT2D eigenvalue weighted by molar-refractivity contribution is -0.139. The number of likely N-dealkylation sites (tertiary alicyclic amines) is 1. The summed E-state index contributed by atoms with van der Waals surface area (Å²) in [6.07, 6.45) is 4.98. The number of amides is 1. The van der Waals surface area contributed by atoms with Crippen LogP contribution in [0.2, 0.25) is 0 Å². The molecule has 1 saturated heterocycles. The first-order chi connectivity index (χ1) is 14.2. The van der Waals surface area contributed by atoms with Crippen molar-refractivity contribution < 1.29 is 14.7 Å². The number of aromatic nitrogens is 1. The fraction of sp³-hybridized carbons (Fsp3) is 0.400. The Labute approximate surface area is 178 Å². The van der Waals surface area contributed by atoms with Crippen LogP contribution in [-0.2, 0) is 15.0 Å². The Morgan fingerprint density at radius 2 is 1.93 bits per heavy atom. The summed E-state index contributed by atoms with van der Waals surface area (Å²) in [6.45, 7) is 10.7. The molecule has 0 spiro atoms. The lowest BCUT2D eigenvalue weighted by atomic mass is 9.84. The van der Waals surface area contributed by atoms with Gasteiger partial charge in [0, 0.05) is 24.5 Å². The van der Waals surface area contributed by atoms with E-state index >= 15 is 0 Å². The van der Waals surface area contributed by atoms with Gasteiger partial charge in [0.1, 0.15) is 5.76 Å². The van der Waals surface area contributed by atoms with E-state index < -0.39 is 17.7 Å². The molecule has 1 N–H and O–H groups in total. The molecular weight excluding hydrogens is 376 g/mol. The van der Waals surface area contributed by atoms with Crippen molar-refractivity contribution in [1.82, 2.24) is 9.88 Å². The van der Waals surface area contributed by atoms with Gasteiger partial charge in [0.2, 0.25) is 0 Å². The third-order valence-electron chi connectivity index (χ3n) is 5.65. The Morgan fingerprint density at radius 1 is 1.20 bits per heavy atom. The van der Waals surface area contributed by atoms with E-state index in [4.69, 9.17) is 0 Å². The van der Waals surface area contributed by atoms with Crippen molar-refractivity contribution in [2.24, 2.45) is 0 Å². The quantitative estimate of drug-likeness (QED) is 0.435. The Morgan fingerprint density at radius 3 is 2.53 bits per heavy atom. The van der Waals surface area contributed by atoms with E-state index in [2.05, 4.69) is 25.8 Å². The number of pyridine rings is 1. The molecule has 1 aliphatic heterocycles. The minimum absolute atomic E-state index is 0.112. The second-order valence-electron chi connectivity index (χ2n) is 8.91. The van der Waals surface area contributed by atoms with E-state index in [1.54, 1.807) is 23.4 Å². The number of aliphatic hydroxyl groups excluding tert-OH is 1. The van der Waals surface area contributed by atoms with Gasteiger partial charge in [0.05, 0.1) is 11.6 Å². The molecule has 1 fully saturated rings. The van der Waals surface area contributed by atoms with E-state index in [0.717, 1.165) is 29.5 Å². The summed E-state index contributed by atoms with van der Waals surface area (Å²) in [5.74, 6) is -1.33. The molecule has 0 aliphatic carbocycles. The monoisotopic (exact) mass is 406 g/mol. The molecule has 30 heavy (non-hydrogen) atoms. The van der Waals surface area contributed by atoms with Crippen LogP contribution in [0, 0.1) is 6.92 Å². The fourth-order valence-corrected chi connectivity index (χ4v) is 3.81. The molecule has 1 amide bonds. The fourth-order valence-electron chi connectivity index (χ4n) is 3.81. The second kappa shape index (κ2) is 8.42. The lowest BCUT2D eigenvalue weighted by Crippen LogP contribution is -2.30. The number of carbonyl (C=O) groups is 2. The molecule has 0 radical (unpaired) electrons. The van der Waals surface area contributed by atoms with Gasteiger partial charge in [-0.25, -0.2) is 0 Å². The van der Waals surface area contributed by atoms with Crippen LogP contribution < -0.4 is 0 Å². The van der Waals surface area contributed by atoms with Crippen molar-refractivity contribution in [3.63, 3.8) is 0 Å². The number of benzene rings is 1. The summed E-state index contributed by atoms with van der Waals surface area (Å²) in [4.78, 5) is 31.6. The highest BCUT2D eigenvalue weighted by molar-refractivity contribution is 6.46. The number of rotatable bonds is 5. The van der Waals surface area contributed by atoms with Crippen LogP contribution in [0.3, 0.4) is 0 Å². The number of ketones is 1. The maximum Gasteiger partial charge on any atom is 0.295 e. The minimum atomic E-state index is -0.641. The van der Waals surface area contributed by atoms with Crippen LogP contribution in [-0.4, -0.2) is 33.2 Å². The van der Waals surface area contributed by atoms with Gasteiger partial charge in [-0.1, -0.05) is 52.3 Å². The van der Waals surface area contributed by atoms with Gasteiger partial charge in [0.15, 0.2) is 0 Å². The average Bonchev–Trinajstić information content (AvgIpc) is 2.96. The number of Topliss-reactive ketones (excluding diaryl/α,β-unsaturated/α-hetero) is 1. The molecule has 1 aliphatic rings. The molecule has 3 rings (SSSR count). The highest BCUT2D eigenvalue weighted by Crippen LogP contribution is 2.40. The van der Waals surface area contributed by atoms with Gasteiger partial charge in [-0.2, -0.15) is 0 Å². The highest BCUT2D eigenvalue weighted by Gasteiger charge is 2.46. The summed E-state index contributed by atoms with van der Waals surface area (Å²) in [5.41, 5.74) is 3.23. The zero-order chi connectivity index (χ0) is 22.1. The zero-order valence-electron chi connectivity index (χ0n) is 18.4. The number of unbranched alkanes of at least 4 members (excludes halogenated alkanes) is 1. The number of aryl methyl sites for hydroxylation is 1. The molecule has 0 bridgehead atoms. The number of carbonyl (C=O) groups excluding carboxylic acids is 2. The molecule has 158 valence electrons. The first-order valence-corrected chi connectivity index (χ1v) is 10.5. The Hall–Kier alpha value is -2.95. The number of hydrogen-bond donors (Lipinski definition) is 1. The molecule has 1 aromatic carbocycles. The second-order valence-corrected chi connectivity index (χ2v) is 8.91. The van der Waals surface area contributed by atoms with E-state index in [1.807, 2.05) is 38.1 Å². The molecule has 0 saturated carbocycles. The van der Waals surface area contributed by atoms with Crippen LogP contribution in [0.25, 0.3) is 5.76 Å². The smallest absolute Gasteiger partial charge is 0.295 e. The minimum Gasteiger partial charge on any atom is -0.507 e. The van der Waals surface area contributed by atoms with Gasteiger partial charge >= 0.3 is 0 Å². The predicted molar refractivity (Wildman–Crippen MR) is 118 cm³/mol. The van der Waals surface area contributed by atoms with Crippen molar-refractivity contribution in [3.8, 4) is 0 Å². The first kappa shape index (κ1) is 21.8. The summed E-state index contributed by atoms with van der Waals surface area (Å²) >= 11 is 0. The third-order valence-corrected chi connectivity index (χ3v) is 5.65. The number of aliphatic hydroxyl groups is 1. The van der Waals surface area contributed by atoms with Gasteiger partial charge in [-0.3, -0.25) is 14.6 Å². The molecule has 1 aromatic heterocycles. The van der Waals surface area contributed by atoms with E-state index in [1.165, 1.54) is 0 Å². The molecule has 2 heterocycles. The maximum absolute atomic E-state index is 13.0. The summed E-state index contributed by atoms with van der Waals surface area (Å²) in [5, 5.41) is 11.3.